The van der Waals surface area contributed by atoms with E-state index in [0.717, 1.165) is 28.5 Å². The predicted octanol–water partition coefficient (Wildman–Crippen LogP) is 4.04. The van der Waals surface area contributed by atoms with Crippen molar-refractivity contribution in [3.63, 3.8) is 0 Å². The molecule has 0 saturated heterocycles. The van der Waals surface area contributed by atoms with Gasteiger partial charge in [0.2, 0.25) is 0 Å². The van der Waals surface area contributed by atoms with E-state index in [2.05, 4.69) is 15.3 Å². The number of nitrogens with one attached hydrogen (secondary N) is 2. The molecule has 0 radical (unpaired) electrons. The molecule has 0 aliphatic heterocycles. The first-order chi connectivity index (χ1) is 13.2. The SMILES string of the molecule is O=C(NCCc1c[nH]c2ccc(Cl)cc12)c1cccc(Cn2ccnc2)c1. The highest BCUT2D eigenvalue weighted by molar-refractivity contribution is 6.31. The van der Waals surface area contributed by atoms with Gasteiger partial charge in [0, 0.05) is 53.2 Å². The van der Waals surface area contributed by atoms with Crippen LogP contribution in [0.3, 0.4) is 0 Å². The predicted molar refractivity (Wildman–Crippen MR) is 107 cm³/mol. The normalized spacial score (nSPS) is 11.0. The number of carbonyl (C=O) groups excluding carboxylic acids is 1. The first kappa shape index (κ1) is 17.4. The van der Waals surface area contributed by atoms with E-state index in [1.54, 1.807) is 12.5 Å². The van der Waals surface area contributed by atoms with Crippen LogP contribution in [0.15, 0.2) is 67.4 Å². The highest BCUT2D eigenvalue weighted by Crippen LogP contribution is 2.22. The monoisotopic (exact) mass is 378 g/mol. The van der Waals surface area contributed by atoms with Gasteiger partial charge in [0.05, 0.1) is 6.33 Å². The Balaban J connectivity index is 1.38. The molecule has 2 heterocycles. The fourth-order valence-corrected chi connectivity index (χ4v) is 3.34. The summed E-state index contributed by atoms with van der Waals surface area (Å²) in [5.74, 6) is -0.0691. The van der Waals surface area contributed by atoms with E-state index in [0.29, 0.717) is 23.7 Å². The molecule has 0 saturated carbocycles. The largest absolute Gasteiger partial charge is 0.361 e. The van der Waals surface area contributed by atoms with Crippen LogP contribution in [0.4, 0.5) is 0 Å². The number of amides is 1. The van der Waals surface area contributed by atoms with Crippen molar-refractivity contribution in [2.75, 3.05) is 6.54 Å². The summed E-state index contributed by atoms with van der Waals surface area (Å²) in [6.07, 6.45) is 8.12. The summed E-state index contributed by atoms with van der Waals surface area (Å²) in [7, 11) is 0. The molecule has 136 valence electrons. The maximum atomic E-state index is 12.5. The van der Waals surface area contributed by atoms with Gasteiger partial charge in [-0.25, -0.2) is 4.98 Å². The number of hydrogen-bond acceptors (Lipinski definition) is 2. The average Bonchev–Trinajstić information content (AvgIpc) is 3.32. The van der Waals surface area contributed by atoms with E-state index < -0.39 is 0 Å². The van der Waals surface area contributed by atoms with Crippen LogP contribution in [0.25, 0.3) is 10.9 Å². The second kappa shape index (κ2) is 7.68. The van der Waals surface area contributed by atoms with Crippen molar-refractivity contribution in [1.82, 2.24) is 19.9 Å². The Labute approximate surface area is 162 Å². The van der Waals surface area contributed by atoms with E-state index in [9.17, 15) is 4.79 Å². The van der Waals surface area contributed by atoms with Crippen LogP contribution in [-0.4, -0.2) is 27.0 Å². The molecular weight excluding hydrogens is 360 g/mol. The number of fused-ring (bicyclic) bond motifs is 1. The summed E-state index contributed by atoms with van der Waals surface area (Å²) in [6.45, 7) is 1.25. The molecule has 5 nitrogen and oxygen atoms in total. The Morgan fingerprint density at radius 2 is 2.15 bits per heavy atom. The van der Waals surface area contributed by atoms with Crippen molar-refractivity contribution in [2.45, 2.75) is 13.0 Å². The summed E-state index contributed by atoms with van der Waals surface area (Å²) in [4.78, 5) is 19.8. The number of aromatic amines is 1. The molecule has 27 heavy (non-hydrogen) atoms. The topological polar surface area (TPSA) is 62.7 Å². The Kier molecular flexibility index (Phi) is 4.94. The number of hydrogen-bond donors (Lipinski definition) is 2. The van der Waals surface area contributed by atoms with Crippen LogP contribution in [-0.2, 0) is 13.0 Å². The van der Waals surface area contributed by atoms with Gasteiger partial charge in [-0.05, 0) is 47.9 Å². The number of carbonyl (C=O) groups is 1. The first-order valence-corrected chi connectivity index (χ1v) is 9.15. The molecule has 2 aromatic carbocycles. The number of imidazole rings is 1. The molecule has 6 heteroatoms. The van der Waals surface area contributed by atoms with Crippen molar-refractivity contribution in [3.8, 4) is 0 Å². The van der Waals surface area contributed by atoms with Gasteiger partial charge in [0.25, 0.3) is 5.91 Å². The average molecular weight is 379 g/mol. The van der Waals surface area contributed by atoms with Gasteiger partial charge in [-0.3, -0.25) is 4.79 Å². The molecule has 1 amide bonds. The lowest BCUT2D eigenvalue weighted by Crippen LogP contribution is -2.25. The lowest BCUT2D eigenvalue weighted by molar-refractivity contribution is 0.0954. The minimum absolute atomic E-state index is 0.0691. The van der Waals surface area contributed by atoms with Crippen LogP contribution < -0.4 is 5.32 Å². The lowest BCUT2D eigenvalue weighted by atomic mass is 10.1. The fraction of sp³-hybridized carbons (Fsp3) is 0.143. The van der Waals surface area contributed by atoms with Crippen molar-refractivity contribution in [3.05, 3.63) is 89.1 Å². The zero-order valence-electron chi connectivity index (χ0n) is 14.7. The number of aromatic nitrogens is 3. The standard InChI is InChI=1S/C21H19ClN4O/c22-18-4-5-20-19(11-18)17(12-25-20)6-7-24-21(27)16-3-1-2-15(10-16)13-26-9-8-23-14-26/h1-5,8-12,14,25H,6-7,13H2,(H,24,27). The van der Waals surface area contributed by atoms with Crippen LogP contribution >= 0.6 is 11.6 Å². The van der Waals surface area contributed by atoms with Crippen LogP contribution in [0.2, 0.25) is 5.02 Å². The van der Waals surface area contributed by atoms with Crippen molar-refractivity contribution >= 4 is 28.4 Å². The van der Waals surface area contributed by atoms with E-state index in [1.807, 2.05) is 59.4 Å². The minimum Gasteiger partial charge on any atom is -0.361 e. The smallest absolute Gasteiger partial charge is 0.251 e. The highest BCUT2D eigenvalue weighted by Gasteiger charge is 2.08. The second-order valence-electron chi connectivity index (χ2n) is 6.45. The zero-order valence-corrected chi connectivity index (χ0v) is 15.4. The second-order valence-corrected chi connectivity index (χ2v) is 6.88. The van der Waals surface area contributed by atoms with Gasteiger partial charge >= 0.3 is 0 Å². The van der Waals surface area contributed by atoms with Gasteiger partial charge in [-0.2, -0.15) is 0 Å². The van der Waals surface area contributed by atoms with Gasteiger partial charge in [0.15, 0.2) is 0 Å². The van der Waals surface area contributed by atoms with Crippen molar-refractivity contribution in [1.29, 1.82) is 0 Å². The van der Waals surface area contributed by atoms with Crippen molar-refractivity contribution < 1.29 is 4.79 Å². The van der Waals surface area contributed by atoms with E-state index in [4.69, 9.17) is 11.6 Å². The molecular formula is C21H19ClN4O. The molecule has 0 aliphatic rings. The van der Waals surface area contributed by atoms with Crippen LogP contribution in [0, 0.1) is 0 Å². The summed E-state index contributed by atoms with van der Waals surface area (Å²) >= 11 is 6.09. The van der Waals surface area contributed by atoms with Crippen LogP contribution in [0.1, 0.15) is 21.5 Å². The van der Waals surface area contributed by atoms with Gasteiger partial charge in [-0.15, -0.1) is 0 Å². The molecule has 0 fully saturated rings. The Bertz CT molecular complexity index is 1070. The summed E-state index contributed by atoms with van der Waals surface area (Å²) in [5.41, 5.74) is 3.91. The highest BCUT2D eigenvalue weighted by atomic mass is 35.5. The number of rotatable bonds is 6. The maximum Gasteiger partial charge on any atom is 0.251 e. The molecule has 4 rings (SSSR count). The third kappa shape index (κ3) is 4.04. The van der Waals surface area contributed by atoms with Gasteiger partial charge in [-0.1, -0.05) is 23.7 Å². The molecule has 2 N–H and O–H groups in total. The molecule has 0 bridgehead atoms. The Morgan fingerprint density at radius 1 is 1.22 bits per heavy atom. The summed E-state index contributed by atoms with van der Waals surface area (Å²) in [5, 5.41) is 4.80. The van der Waals surface area contributed by atoms with Crippen molar-refractivity contribution in [2.24, 2.45) is 0 Å². The third-order valence-electron chi connectivity index (χ3n) is 4.52. The molecule has 0 spiro atoms. The molecule has 0 atom stereocenters. The molecule has 0 unspecified atom stereocenters. The lowest BCUT2D eigenvalue weighted by Gasteiger charge is -2.08. The first-order valence-electron chi connectivity index (χ1n) is 8.77. The summed E-state index contributed by atoms with van der Waals surface area (Å²) < 4.78 is 1.97. The molecule has 0 aliphatic carbocycles. The quantitative estimate of drug-likeness (QED) is 0.532. The van der Waals surface area contributed by atoms with Gasteiger partial charge in [0.1, 0.15) is 0 Å². The number of H-pyrrole nitrogens is 1. The summed E-state index contributed by atoms with van der Waals surface area (Å²) in [6, 6.07) is 13.4. The van der Waals surface area contributed by atoms with Crippen LogP contribution in [0.5, 0.6) is 0 Å². The zero-order chi connectivity index (χ0) is 18.6. The molecule has 2 aromatic heterocycles. The Hall–Kier alpha value is -3.05. The molecule has 4 aromatic rings. The number of nitrogens with zero attached hydrogens (tertiary/aromatic N) is 2. The van der Waals surface area contributed by atoms with E-state index in [1.165, 1.54) is 0 Å². The van der Waals surface area contributed by atoms with E-state index in [-0.39, 0.29) is 5.91 Å². The fourth-order valence-electron chi connectivity index (χ4n) is 3.17. The maximum absolute atomic E-state index is 12.5. The third-order valence-corrected chi connectivity index (χ3v) is 4.76. The number of halogens is 1. The number of benzene rings is 2. The van der Waals surface area contributed by atoms with E-state index >= 15 is 0 Å². The Morgan fingerprint density at radius 3 is 3.00 bits per heavy atom. The minimum atomic E-state index is -0.0691. The van der Waals surface area contributed by atoms with Gasteiger partial charge < -0.3 is 14.9 Å².